The first-order chi connectivity index (χ1) is 17.3. The average Bonchev–Trinajstić information content (AvgIpc) is 2.88. The van der Waals surface area contributed by atoms with Crippen molar-refractivity contribution < 1.29 is 22.7 Å². The molecule has 0 saturated heterocycles. The van der Waals surface area contributed by atoms with E-state index in [1.807, 2.05) is 6.07 Å². The molecule has 10 heteroatoms. The van der Waals surface area contributed by atoms with Gasteiger partial charge in [0.25, 0.3) is 10.0 Å². The minimum atomic E-state index is -3.73. The van der Waals surface area contributed by atoms with Crippen LogP contribution in [-0.4, -0.2) is 40.2 Å². The molecular weight excluding hydrogens is 498 g/mol. The first-order valence-electron chi connectivity index (χ1n) is 11.0. The molecule has 3 aromatic carbocycles. The van der Waals surface area contributed by atoms with Crippen LogP contribution in [0.25, 0.3) is 6.08 Å². The summed E-state index contributed by atoms with van der Waals surface area (Å²) >= 11 is 5.21. The number of carbonyl (C=O) groups excluding carboxylic acids is 1. The van der Waals surface area contributed by atoms with Crippen molar-refractivity contribution in [3.05, 3.63) is 84.4 Å². The van der Waals surface area contributed by atoms with E-state index in [1.54, 1.807) is 74.7 Å². The van der Waals surface area contributed by atoms with Crippen molar-refractivity contribution in [3.63, 3.8) is 0 Å². The van der Waals surface area contributed by atoms with Crippen molar-refractivity contribution >= 4 is 50.7 Å². The maximum absolute atomic E-state index is 13.1. The molecule has 8 nitrogen and oxygen atoms in total. The third-order valence-corrected chi connectivity index (χ3v) is 7.22. The Labute approximate surface area is 216 Å². The molecule has 3 aromatic rings. The number of carbonyl (C=O) groups is 1. The largest absolute Gasteiger partial charge is 0.493 e. The second kappa shape index (κ2) is 12.2. The Balaban J connectivity index is 1.61. The second-order valence-electron chi connectivity index (χ2n) is 7.42. The molecule has 0 aromatic heterocycles. The number of nitrogens with one attached hydrogen (secondary N) is 2. The molecule has 0 saturated carbocycles. The zero-order valence-electron chi connectivity index (χ0n) is 20.1. The summed E-state index contributed by atoms with van der Waals surface area (Å²) in [5.41, 5.74) is 1.87. The fraction of sp³-hybridized carbons (Fsp3) is 0.154. The summed E-state index contributed by atoms with van der Waals surface area (Å²) < 4.78 is 38.0. The molecule has 2 N–H and O–H groups in total. The zero-order valence-corrected chi connectivity index (χ0v) is 21.7. The molecule has 3 rings (SSSR count). The highest BCUT2D eigenvalue weighted by Crippen LogP contribution is 2.28. The molecule has 0 radical (unpaired) electrons. The normalized spacial score (nSPS) is 11.1. The number of amides is 1. The van der Waals surface area contributed by atoms with Gasteiger partial charge >= 0.3 is 0 Å². The molecule has 0 aliphatic carbocycles. The van der Waals surface area contributed by atoms with Gasteiger partial charge in [-0.25, -0.2) is 8.42 Å². The summed E-state index contributed by atoms with van der Waals surface area (Å²) in [5.74, 6) is 0.710. The lowest BCUT2D eigenvalue weighted by molar-refractivity contribution is -0.115. The van der Waals surface area contributed by atoms with Crippen molar-refractivity contribution in [2.45, 2.75) is 11.8 Å². The number of hydrogen-bond donors (Lipinski definition) is 2. The third-order valence-electron chi connectivity index (χ3n) is 5.10. The molecule has 0 bridgehead atoms. The van der Waals surface area contributed by atoms with Crippen LogP contribution in [0.1, 0.15) is 12.5 Å². The lowest BCUT2D eigenvalue weighted by Crippen LogP contribution is -2.33. The van der Waals surface area contributed by atoms with Gasteiger partial charge in [-0.1, -0.05) is 24.3 Å². The van der Waals surface area contributed by atoms with E-state index in [0.717, 1.165) is 5.56 Å². The van der Waals surface area contributed by atoms with E-state index in [0.29, 0.717) is 29.4 Å². The van der Waals surface area contributed by atoms with Gasteiger partial charge in [-0.05, 0) is 79.3 Å². The number of rotatable bonds is 9. The highest BCUT2D eigenvalue weighted by molar-refractivity contribution is 7.92. The van der Waals surface area contributed by atoms with Gasteiger partial charge in [-0.2, -0.15) is 0 Å². The van der Waals surface area contributed by atoms with Crippen LogP contribution < -0.4 is 24.4 Å². The standard InChI is InChI=1S/C26H27N3O5S2/c1-4-29(21-8-6-5-7-9-21)36(31,32)22-14-12-20(13-15-22)27-26(35)28-25(30)17-11-19-10-16-23(33-2)24(18-19)34-3/h5-18H,4H2,1-3H3,(H2,27,28,30,35)/b17-11+. The number of ether oxygens (including phenoxy) is 2. The van der Waals surface area contributed by atoms with Crippen LogP contribution in [-0.2, 0) is 14.8 Å². The SMILES string of the molecule is CCN(c1ccccc1)S(=O)(=O)c1ccc(NC(=S)NC(=O)/C=C/c2ccc(OC)c(OC)c2)cc1. The van der Waals surface area contributed by atoms with Crippen molar-refractivity contribution in [1.29, 1.82) is 0 Å². The summed E-state index contributed by atoms with van der Waals surface area (Å²) in [6.45, 7) is 2.07. The fourth-order valence-corrected chi connectivity index (χ4v) is 5.06. The Morgan fingerprint density at radius 1 is 0.972 bits per heavy atom. The summed E-state index contributed by atoms with van der Waals surface area (Å²) in [5, 5.41) is 5.51. The lowest BCUT2D eigenvalue weighted by atomic mass is 10.2. The first-order valence-corrected chi connectivity index (χ1v) is 12.8. The van der Waals surface area contributed by atoms with E-state index < -0.39 is 15.9 Å². The molecule has 36 heavy (non-hydrogen) atoms. The van der Waals surface area contributed by atoms with Crippen molar-refractivity contribution in [3.8, 4) is 11.5 Å². The highest BCUT2D eigenvalue weighted by atomic mass is 32.2. The summed E-state index contributed by atoms with van der Waals surface area (Å²) in [6, 6.07) is 20.3. The van der Waals surface area contributed by atoms with Gasteiger partial charge in [0.1, 0.15) is 0 Å². The van der Waals surface area contributed by atoms with E-state index in [-0.39, 0.29) is 10.0 Å². The molecule has 0 atom stereocenters. The van der Waals surface area contributed by atoms with E-state index in [9.17, 15) is 13.2 Å². The monoisotopic (exact) mass is 525 g/mol. The minimum absolute atomic E-state index is 0.0760. The van der Waals surface area contributed by atoms with Crippen molar-refractivity contribution in [2.24, 2.45) is 0 Å². The Kier molecular flexibility index (Phi) is 9.04. The maximum atomic E-state index is 13.1. The van der Waals surface area contributed by atoms with E-state index in [4.69, 9.17) is 21.7 Å². The lowest BCUT2D eigenvalue weighted by Gasteiger charge is -2.23. The van der Waals surface area contributed by atoms with Crippen LogP contribution in [0.15, 0.2) is 83.8 Å². The van der Waals surface area contributed by atoms with Gasteiger partial charge < -0.3 is 14.8 Å². The van der Waals surface area contributed by atoms with Gasteiger partial charge in [-0.3, -0.25) is 14.4 Å². The van der Waals surface area contributed by atoms with Crippen LogP contribution in [0, 0.1) is 0 Å². The molecule has 0 aliphatic heterocycles. The number of thiocarbonyl (C=S) groups is 1. The maximum Gasteiger partial charge on any atom is 0.264 e. The summed E-state index contributed by atoms with van der Waals surface area (Å²) in [6.07, 6.45) is 2.96. The van der Waals surface area contributed by atoms with Gasteiger partial charge in [-0.15, -0.1) is 0 Å². The van der Waals surface area contributed by atoms with Gasteiger partial charge in [0.15, 0.2) is 16.6 Å². The Hall–Kier alpha value is -3.89. The molecule has 0 heterocycles. The number of hydrogen-bond acceptors (Lipinski definition) is 6. The molecular formula is C26H27N3O5S2. The zero-order chi connectivity index (χ0) is 26.1. The number of methoxy groups -OCH3 is 2. The number of para-hydroxylation sites is 1. The minimum Gasteiger partial charge on any atom is -0.493 e. The predicted molar refractivity (Wildman–Crippen MR) is 146 cm³/mol. The molecule has 0 unspecified atom stereocenters. The van der Waals surface area contributed by atoms with Gasteiger partial charge in [0.05, 0.1) is 24.8 Å². The summed E-state index contributed by atoms with van der Waals surface area (Å²) in [7, 11) is -0.652. The molecule has 0 fully saturated rings. The van der Waals surface area contributed by atoms with Crippen LogP contribution >= 0.6 is 12.2 Å². The number of benzene rings is 3. The van der Waals surface area contributed by atoms with E-state index >= 15 is 0 Å². The Morgan fingerprint density at radius 2 is 1.64 bits per heavy atom. The number of sulfonamides is 1. The average molecular weight is 526 g/mol. The quantitative estimate of drug-likeness (QED) is 0.315. The van der Waals surface area contributed by atoms with Gasteiger partial charge in [0, 0.05) is 18.3 Å². The second-order valence-corrected chi connectivity index (χ2v) is 9.69. The Bertz CT molecular complexity index is 1340. The third kappa shape index (κ3) is 6.61. The molecule has 1 amide bonds. The summed E-state index contributed by atoms with van der Waals surface area (Å²) in [4.78, 5) is 12.4. The van der Waals surface area contributed by atoms with Crippen LogP contribution in [0.2, 0.25) is 0 Å². The van der Waals surface area contributed by atoms with Gasteiger partial charge in [0.2, 0.25) is 5.91 Å². The predicted octanol–water partition coefficient (Wildman–Crippen LogP) is 4.45. The van der Waals surface area contributed by atoms with Crippen LogP contribution in [0.4, 0.5) is 11.4 Å². The van der Waals surface area contributed by atoms with E-state index in [1.165, 1.54) is 29.6 Å². The fourth-order valence-electron chi connectivity index (χ4n) is 3.37. The number of nitrogens with zero attached hydrogens (tertiary/aromatic N) is 1. The van der Waals surface area contributed by atoms with Crippen molar-refractivity contribution in [1.82, 2.24) is 5.32 Å². The van der Waals surface area contributed by atoms with Crippen LogP contribution in [0.3, 0.4) is 0 Å². The number of anilines is 2. The smallest absolute Gasteiger partial charge is 0.264 e. The topological polar surface area (TPSA) is 97.0 Å². The Morgan fingerprint density at radius 3 is 2.25 bits per heavy atom. The van der Waals surface area contributed by atoms with Crippen molar-refractivity contribution in [2.75, 3.05) is 30.4 Å². The first kappa shape index (κ1) is 26.7. The molecule has 188 valence electrons. The van der Waals surface area contributed by atoms with E-state index in [2.05, 4.69) is 10.6 Å². The molecule has 0 spiro atoms. The molecule has 0 aliphatic rings. The van der Waals surface area contributed by atoms with Crippen LogP contribution in [0.5, 0.6) is 11.5 Å². The highest BCUT2D eigenvalue weighted by Gasteiger charge is 2.23.